The Balaban J connectivity index is 2.22. The van der Waals surface area contributed by atoms with Crippen LogP contribution in [0.4, 0.5) is 10.3 Å². The molecule has 1 unspecified atom stereocenters. The maximum absolute atomic E-state index is 13.2. The summed E-state index contributed by atoms with van der Waals surface area (Å²) in [4.78, 5) is 4.22. The molecule has 0 aliphatic heterocycles. The van der Waals surface area contributed by atoms with Crippen molar-refractivity contribution in [2.24, 2.45) is 0 Å². The van der Waals surface area contributed by atoms with E-state index >= 15 is 0 Å². The number of nitrogens with one attached hydrogen (secondary N) is 1. The van der Waals surface area contributed by atoms with E-state index in [0.29, 0.717) is 12.6 Å². The van der Waals surface area contributed by atoms with Gasteiger partial charge in [0.25, 0.3) is 0 Å². The number of imidazole rings is 1. The molecule has 2 aromatic rings. The van der Waals surface area contributed by atoms with Crippen molar-refractivity contribution in [3.05, 3.63) is 42.5 Å². The van der Waals surface area contributed by atoms with Crippen LogP contribution in [0.15, 0.2) is 36.7 Å². The summed E-state index contributed by atoms with van der Waals surface area (Å²) < 4.78 is 20.1. The molecule has 0 fully saturated rings. The van der Waals surface area contributed by atoms with E-state index < -0.39 is 0 Å². The Labute approximate surface area is 105 Å². The normalized spacial score (nSPS) is 12.4. The number of anilines is 1. The highest BCUT2D eigenvalue weighted by Gasteiger charge is 2.08. The Bertz CT molecular complexity index is 512. The van der Waals surface area contributed by atoms with Crippen molar-refractivity contribution in [1.82, 2.24) is 9.55 Å². The van der Waals surface area contributed by atoms with Crippen LogP contribution in [0, 0.1) is 5.82 Å². The van der Waals surface area contributed by atoms with Gasteiger partial charge in [0.2, 0.25) is 5.95 Å². The molecule has 96 valence electrons. The van der Waals surface area contributed by atoms with Gasteiger partial charge >= 0.3 is 0 Å². The molecule has 4 nitrogen and oxygen atoms in total. The first-order valence-electron chi connectivity index (χ1n) is 5.75. The highest BCUT2D eigenvalue weighted by molar-refractivity contribution is 5.42. The van der Waals surface area contributed by atoms with Crippen LogP contribution >= 0.6 is 0 Å². The summed E-state index contributed by atoms with van der Waals surface area (Å²) in [6.45, 7) is 2.57. The molecule has 1 aromatic heterocycles. The molecule has 0 bridgehead atoms. The molecule has 18 heavy (non-hydrogen) atoms. The van der Waals surface area contributed by atoms with Crippen LogP contribution in [-0.4, -0.2) is 29.3 Å². The van der Waals surface area contributed by atoms with Gasteiger partial charge in [-0.05, 0) is 25.1 Å². The van der Waals surface area contributed by atoms with Gasteiger partial charge < -0.3 is 10.1 Å². The SMILES string of the molecule is COCC(C)Nc1nccn1-c1cccc(F)c1. The molecule has 0 spiro atoms. The van der Waals surface area contributed by atoms with Gasteiger partial charge in [-0.2, -0.15) is 0 Å². The number of rotatable bonds is 5. The molecule has 0 saturated carbocycles. The zero-order valence-corrected chi connectivity index (χ0v) is 10.4. The Morgan fingerprint density at radius 1 is 1.50 bits per heavy atom. The predicted octanol–water partition coefficient (Wildman–Crippen LogP) is 2.46. The summed E-state index contributed by atoms with van der Waals surface area (Å²) in [6, 6.07) is 6.52. The molecule has 0 saturated heterocycles. The Morgan fingerprint density at radius 2 is 2.33 bits per heavy atom. The third kappa shape index (κ3) is 2.87. The zero-order chi connectivity index (χ0) is 13.0. The van der Waals surface area contributed by atoms with E-state index in [1.165, 1.54) is 12.1 Å². The van der Waals surface area contributed by atoms with Gasteiger partial charge in [0, 0.05) is 25.5 Å². The predicted molar refractivity (Wildman–Crippen MR) is 68.5 cm³/mol. The summed E-state index contributed by atoms with van der Waals surface area (Å²) in [7, 11) is 1.65. The van der Waals surface area contributed by atoms with Crippen molar-refractivity contribution < 1.29 is 9.13 Å². The lowest BCUT2D eigenvalue weighted by molar-refractivity contribution is 0.190. The van der Waals surface area contributed by atoms with Gasteiger partial charge in [0.1, 0.15) is 5.82 Å². The first kappa shape index (κ1) is 12.6. The van der Waals surface area contributed by atoms with Crippen LogP contribution in [0.25, 0.3) is 5.69 Å². The summed E-state index contributed by atoms with van der Waals surface area (Å²) in [5, 5.41) is 3.21. The fourth-order valence-electron chi connectivity index (χ4n) is 1.76. The number of nitrogens with zero attached hydrogens (tertiary/aromatic N) is 2. The van der Waals surface area contributed by atoms with Gasteiger partial charge in [0.15, 0.2) is 0 Å². The van der Waals surface area contributed by atoms with Gasteiger partial charge in [-0.3, -0.25) is 4.57 Å². The second-order valence-corrected chi connectivity index (χ2v) is 4.10. The average Bonchev–Trinajstić information content (AvgIpc) is 2.77. The Morgan fingerprint density at radius 3 is 3.06 bits per heavy atom. The monoisotopic (exact) mass is 249 g/mol. The lowest BCUT2D eigenvalue weighted by Crippen LogP contribution is -2.22. The fourth-order valence-corrected chi connectivity index (χ4v) is 1.76. The maximum atomic E-state index is 13.2. The van der Waals surface area contributed by atoms with Crippen LogP contribution in [0.3, 0.4) is 0 Å². The highest BCUT2D eigenvalue weighted by atomic mass is 19.1. The van der Waals surface area contributed by atoms with Crippen molar-refractivity contribution in [2.75, 3.05) is 19.0 Å². The molecule has 2 rings (SSSR count). The first-order valence-corrected chi connectivity index (χ1v) is 5.75. The van der Waals surface area contributed by atoms with Gasteiger partial charge in [0.05, 0.1) is 12.3 Å². The van der Waals surface area contributed by atoms with Crippen LogP contribution in [-0.2, 0) is 4.74 Å². The third-order valence-corrected chi connectivity index (χ3v) is 2.52. The van der Waals surface area contributed by atoms with E-state index in [2.05, 4.69) is 10.3 Å². The highest BCUT2D eigenvalue weighted by Crippen LogP contribution is 2.16. The Kier molecular flexibility index (Phi) is 3.94. The molecule has 1 heterocycles. The van der Waals surface area contributed by atoms with E-state index in [1.54, 1.807) is 30.1 Å². The molecule has 1 N–H and O–H groups in total. The molecule has 1 aromatic carbocycles. The molecule has 0 amide bonds. The lowest BCUT2D eigenvalue weighted by atomic mass is 10.3. The van der Waals surface area contributed by atoms with Gasteiger partial charge in [-0.1, -0.05) is 6.07 Å². The second kappa shape index (κ2) is 5.64. The standard InChI is InChI=1S/C13H16FN3O/c1-10(9-18-2)16-13-15-6-7-17(13)12-5-3-4-11(14)8-12/h3-8,10H,9H2,1-2H3,(H,15,16). The largest absolute Gasteiger partial charge is 0.383 e. The Hall–Kier alpha value is -1.88. The molecule has 0 aliphatic rings. The van der Waals surface area contributed by atoms with E-state index in [9.17, 15) is 4.39 Å². The number of halogens is 1. The van der Waals surface area contributed by atoms with E-state index in [0.717, 1.165) is 5.69 Å². The minimum absolute atomic E-state index is 0.129. The smallest absolute Gasteiger partial charge is 0.207 e. The average molecular weight is 249 g/mol. The number of hydrogen-bond donors (Lipinski definition) is 1. The second-order valence-electron chi connectivity index (χ2n) is 4.10. The topological polar surface area (TPSA) is 39.1 Å². The molecular formula is C13H16FN3O. The molecule has 5 heteroatoms. The number of hydrogen-bond acceptors (Lipinski definition) is 3. The van der Waals surface area contributed by atoms with Crippen molar-refractivity contribution in [3.63, 3.8) is 0 Å². The van der Waals surface area contributed by atoms with Crippen molar-refractivity contribution in [3.8, 4) is 5.69 Å². The molecule has 0 radical (unpaired) electrons. The summed E-state index contributed by atoms with van der Waals surface area (Å²) in [6.07, 6.45) is 3.46. The number of aromatic nitrogens is 2. The van der Waals surface area contributed by atoms with E-state index in [-0.39, 0.29) is 11.9 Å². The van der Waals surface area contributed by atoms with E-state index in [1.807, 2.05) is 13.0 Å². The summed E-state index contributed by atoms with van der Waals surface area (Å²) in [5.74, 6) is 0.405. The van der Waals surface area contributed by atoms with Gasteiger partial charge in [-0.25, -0.2) is 9.37 Å². The third-order valence-electron chi connectivity index (χ3n) is 2.52. The number of methoxy groups -OCH3 is 1. The van der Waals surface area contributed by atoms with Crippen molar-refractivity contribution in [2.45, 2.75) is 13.0 Å². The van der Waals surface area contributed by atoms with Crippen LogP contribution in [0.5, 0.6) is 0 Å². The van der Waals surface area contributed by atoms with E-state index in [4.69, 9.17) is 4.74 Å². The molecule has 0 aliphatic carbocycles. The maximum Gasteiger partial charge on any atom is 0.207 e. The minimum Gasteiger partial charge on any atom is -0.383 e. The number of benzene rings is 1. The van der Waals surface area contributed by atoms with Gasteiger partial charge in [-0.15, -0.1) is 0 Å². The van der Waals surface area contributed by atoms with Crippen molar-refractivity contribution in [1.29, 1.82) is 0 Å². The molecule has 1 atom stereocenters. The lowest BCUT2D eigenvalue weighted by Gasteiger charge is -2.15. The van der Waals surface area contributed by atoms with Crippen molar-refractivity contribution >= 4 is 5.95 Å². The summed E-state index contributed by atoms with van der Waals surface area (Å²) in [5.41, 5.74) is 0.736. The first-order chi connectivity index (χ1) is 8.70. The van der Waals surface area contributed by atoms with Crippen LogP contribution in [0.1, 0.15) is 6.92 Å². The molecular weight excluding hydrogens is 233 g/mol. The van der Waals surface area contributed by atoms with Crippen LogP contribution in [0.2, 0.25) is 0 Å². The fraction of sp³-hybridized carbons (Fsp3) is 0.308. The zero-order valence-electron chi connectivity index (χ0n) is 10.4. The number of ether oxygens (including phenoxy) is 1. The quantitative estimate of drug-likeness (QED) is 0.884. The summed E-state index contributed by atoms with van der Waals surface area (Å²) >= 11 is 0. The van der Waals surface area contributed by atoms with Crippen LogP contribution < -0.4 is 5.32 Å². The minimum atomic E-state index is -0.267.